The largest absolute Gasteiger partial charge is 0.461 e. The molecule has 0 bridgehead atoms. The van der Waals surface area contributed by atoms with E-state index < -0.39 is 0 Å². The molecule has 0 N–H and O–H groups in total. The van der Waals surface area contributed by atoms with Crippen LogP contribution < -0.4 is 15.1 Å². The first-order chi connectivity index (χ1) is 16.4. The molecule has 0 radical (unpaired) electrons. The molecule has 0 atom stereocenters. The Hall–Kier alpha value is -4.03. The number of rotatable bonds is 1. The lowest BCUT2D eigenvalue weighted by Gasteiger charge is -2.33. The highest BCUT2D eigenvalue weighted by atomic mass is 32.1. The average molecular weight is 441 g/mol. The standard InChI is InChI=1S/C27H16BN3OS/c1-4-13-24-17(7-1)18-8-5-12-23(27(18)33-24)31-21-11-3-2-10-20(21)30-22-14-16-32-26(22)25-19(28(30)31)9-6-15-29-25/h1-16H. The van der Waals surface area contributed by atoms with Gasteiger partial charge in [-0.15, -0.1) is 11.3 Å². The van der Waals surface area contributed by atoms with Crippen LogP contribution in [-0.4, -0.2) is 12.0 Å². The van der Waals surface area contributed by atoms with Crippen LogP contribution in [0.1, 0.15) is 0 Å². The van der Waals surface area contributed by atoms with Crippen LogP contribution in [0.5, 0.6) is 0 Å². The van der Waals surface area contributed by atoms with Crippen LogP contribution in [0.3, 0.4) is 0 Å². The van der Waals surface area contributed by atoms with Crippen molar-refractivity contribution in [3.8, 4) is 11.5 Å². The van der Waals surface area contributed by atoms with Crippen molar-refractivity contribution in [3.63, 3.8) is 0 Å². The number of hydrogen-bond acceptors (Lipinski definition) is 5. The summed E-state index contributed by atoms with van der Waals surface area (Å²) in [5.41, 5.74) is 6.71. The number of para-hydroxylation sites is 2. The summed E-state index contributed by atoms with van der Waals surface area (Å²) in [5.74, 6) is 0.832. The first kappa shape index (κ1) is 17.5. The van der Waals surface area contributed by atoms with Gasteiger partial charge in [-0.05, 0) is 41.9 Å². The first-order valence-corrected chi connectivity index (χ1v) is 11.8. The van der Waals surface area contributed by atoms with Crippen molar-refractivity contribution in [3.05, 3.63) is 97.4 Å². The summed E-state index contributed by atoms with van der Waals surface area (Å²) < 4.78 is 8.55. The van der Waals surface area contributed by atoms with Gasteiger partial charge in [-0.1, -0.05) is 48.5 Å². The Bertz CT molecular complexity index is 1720. The summed E-state index contributed by atoms with van der Waals surface area (Å²) in [6.07, 6.45) is 3.61. The summed E-state index contributed by atoms with van der Waals surface area (Å²) >= 11 is 1.86. The fraction of sp³-hybridized carbons (Fsp3) is 0. The number of hydrogen-bond donors (Lipinski definition) is 0. The van der Waals surface area contributed by atoms with Gasteiger partial charge in [0.25, 0.3) is 0 Å². The first-order valence-electron chi connectivity index (χ1n) is 11.0. The monoisotopic (exact) mass is 441 g/mol. The quantitative estimate of drug-likeness (QED) is 0.266. The van der Waals surface area contributed by atoms with Crippen LogP contribution in [-0.2, 0) is 0 Å². The molecule has 0 spiro atoms. The smallest absolute Gasteiger partial charge is 0.423 e. The van der Waals surface area contributed by atoms with Crippen molar-refractivity contribution < 1.29 is 4.42 Å². The molecular weight excluding hydrogens is 425 g/mol. The average Bonchev–Trinajstić information content (AvgIpc) is 3.58. The Morgan fingerprint density at radius 1 is 0.697 bits per heavy atom. The van der Waals surface area contributed by atoms with Gasteiger partial charge in [0.1, 0.15) is 5.69 Å². The predicted molar refractivity (Wildman–Crippen MR) is 137 cm³/mol. The summed E-state index contributed by atoms with van der Waals surface area (Å²) in [6.45, 7) is -0.0352. The van der Waals surface area contributed by atoms with Crippen LogP contribution in [0.2, 0.25) is 0 Å². The van der Waals surface area contributed by atoms with Gasteiger partial charge in [0.2, 0.25) is 0 Å². The van der Waals surface area contributed by atoms with E-state index in [2.05, 4.69) is 88.5 Å². The zero-order chi connectivity index (χ0) is 21.5. The van der Waals surface area contributed by atoms with E-state index in [0.29, 0.717) is 0 Å². The van der Waals surface area contributed by atoms with Crippen molar-refractivity contribution in [1.82, 2.24) is 4.98 Å². The molecule has 3 aromatic carbocycles. The second-order valence-electron chi connectivity index (χ2n) is 8.43. The van der Waals surface area contributed by atoms with E-state index in [4.69, 9.17) is 9.40 Å². The van der Waals surface area contributed by atoms with E-state index in [0.717, 1.165) is 22.6 Å². The molecule has 0 unspecified atom stereocenters. The van der Waals surface area contributed by atoms with Crippen molar-refractivity contribution in [2.75, 3.05) is 9.62 Å². The van der Waals surface area contributed by atoms with Crippen LogP contribution >= 0.6 is 11.3 Å². The van der Waals surface area contributed by atoms with Gasteiger partial charge in [0.15, 0.2) is 5.76 Å². The molecule has 33 heavy (non-hydrogen) atoms. The molecule has 2 aliphatic heterocycles. The highest BCUT2D eigenvalue weighted by molar-refractivity contribution is 7.26. The summed E-state index contributed by atoms with van der Waals surface area (Å²) in [7, 11) is 0. The van der Waals surface area contributed by atoms with Crippen LogP contribution in [0.4, 0.5) is 22.7 Å². The van der Waals surface area contributed by atoms with Gasteiger partial charge < -0.3 is 14.0 Å². The molecule has 0 saturated carbocycles. The highest BCUT2D eigenvalue weighted by Gasteiger charge is 2.49. The molecule has 0 fully saturated rings. The highest BCUT2D eigenvalue weighted by Crippen LogP contribution is 2.52. The fourth-order valence-electron chi connectivity index (χ4n) is 5.46. The van der Waals surface area contributed by atoms with E-state index in [-0.39, 0.29) is 6.98 Å². The van der Waals surface area contributed by atoms with Gasteiger partial charge >= 0.3 is 6.98 Å². The number of aromatic nitrogens is 1. The van der Waals surface area contributed by atoms with Crippen molar-refractivity contribution in [1.29, 1.82) is 0 Å². The lowest BCUT2D eigenvalue weighted by atomic mass is 9.61. The maximum absolute atomic E-state index is 5.94. The number of benzene rings is 3. The van der Waals surface area contributed by atoms with Crippen LogP contribution in [0.25, 0.3) is 31.6 Å². The number of anilines is 4. The Morgan fingerprint density at radius 3 is 2.36 bits per heavy atom. The topological polar surface area (TPSA) is 32.5 Å². The predicted octanol–water partition coefficient (Wildman–Crippen LogP) is 6.71. The Kier molecular flexibility index (Phi) is 3.33. The third-order valence-corrected chi connectivity index (χ3v) is 7.98. The zero-order valence-corrected chi connectivity index (χ0v) is 18.3. The lowest BCUT2D eigenvalue weighted by molar-refractivity contribution is 0.580. The van der Waals surface area contributed by atoms with E-state index in [1.165, 1.54) is 37.2 Å². The van der Waals surface area contributed by atoms with Crippen molar-refractivity contribution >= 4 is 66.7 Å². The minimum atomic E-state index is -0.0352. The summed E-state index contributed by atoms with van der Waals surface area (Å²) in [6, 6.07) is 30.2. The molecule has 0 amide bonds. The lowest BCUT2D eigenvalue weighted by Crippen LogP contribution is -2.55. The van der Waals surface area contributed by atoms with Crippen LogP contribution in [0.15, 0.2) is 102 Å². The van der Waals surface area contributed by atoms with Gasteiger partial charge in [-0.2, -0.15) is 0 Å². The van der Waals surface area contributed by atoms with Crippen molar-refractivity contribution in [2.45, 2.75) is 0 Å². The maximum Gasteiger partial charge on any atom is 0.423 e. The van der Waals surface area contributed by atoms with Gasteiger partial charge in [-0.25, -0.2) is 0 Å². The normalized spacial score (nSPS) is 13.9. The molecule has 8 rings (SSSR count). The maximum atomic E-state index is 5.94. The SMILES string of the molecule is c1cnc2c(c1)B1N(c3ccccc3N1c1cccc3c1sc1ccccc13)c1ccoc1-2. The molecular formula is C27H16BN3OS. The molecule has 2 aliphatic rings. The number of nitrogens with zero attached hydrogens (tertiary/aromatic N) is 3. The van der Waals surface area contributed by atoms with Gasteiger partial charge in [0.05, 0.1) is 28.0 Å². The summed E-state index contributed by atoms with van der Waals surface area (Å²) in [5, 5.41) is 2.61. The van der Waals surface area contributed by atoms with Gasteiger partial charge in [0, 0.05) is 27.4 Å². The minimum absolute atomic E-state index is 0.0352. The Balaban J connectivity index is 1.47. The van der Waals surface area contributed by atoms with E-state index in [1.54, 1.807) is 6.26 Å². The third kappa shape index (κ3) is 2.18. The minimum Gasteiger partial charge on any atom is -0.461 e. The number of thiophene rings is 1. The molecule has 6 aromatic rings. The second kappa shape index (κ2) is 6.27. The zero-order valence-electron chi connectivity index (χ0n) is 17.5. The fourth-order valence-corrected chi connectivity index (χ4v) is 6.67. The number of pyridine rings is 1. The molecule has 0 saturated heterocycles. The molecule has 5 heterocycles. The molecule has 154 valence electrons. The van der Waals surface area contributed by atoms with E-state index in [1.807, 2.05) is 23.6 Å². The second-order valence-corrected chi connectivity index (χ2v) is 9.48. The van der Waals surface area contributed by atoms with E-state index >= 15 is 0 Å². The molecule has 6 heteroatoms. The third-order valence-electron chi connectivity index (χ3n) is 6.77. The van der Waals surface area contributed by atoms with Crippen LogP contribution in [0, 0.1) is 0 Å². The molecule has 3 aromatic heterocycles. The summed E-state index contributed by atoms with van der Waals surface area (Å²) in [4.78, 5) is 9.61. The van der Waals surface area contributed by atoms with Crippen molar-refractivity contribution in [2.24, 2.45) is 0 Å². The number of furan rings is 1. The Labute approximate surface area is 194 Å². The Morgan fingerprint density at radius 2 is 1.45 bits per heavy atom. The molecule has 0 aliphatic carbocycles. The van der Waals surface area contributed by atoms with E-state index in [9.17, 15) is 0 Å². The number of fused-ring (bicyclic) bond motifs is 11. The molecule has 4 nitrogen and oxygen atoms in total. The van der Waals surface area contributed by atoms with Gasteiger partial charge in [-0.3, -0.25) is 4.98 Å².